The Bertz CT molecular complexity index is 737. The lowest BCUT2D eigenvalue weighted by Crippen LogP contribution is -2.44. The molecular formula is C19H23ClFNO3. The number of amides is 1. The Balaban J connectivity index is 2.45. The molecule has 6 heteroatoms. The molecule has 1 aliphatic rings. The smallest absolute Gasteiger partial charge is 0.261 e. The number of nitrogens with zero attached hydrogens (tertiary/aromatic N) is 1. The van der Waals surface area contributed by atoms with Crippen LogP contribution in [-0.4, -0.2) is 27.7 Å². The third kappa shape index (κ3) is 3.87. The number of Topliss-reactive ketones (excluding diaryl/α,β-unsaturated/α-hetero) is 1. The van der Waals surface area contributed by atoms with Gasteiger partial charge in [0.2, 0.25) is 0 Å². The lowest BCUT2D eigenvalue weighted by molar-refractivity contribution is -0.130. The molecule has 0 unspecified atom stereocenters. The van der Waals surface area contributed by atoms with Crippen LogP contribution in [0.3, 0.4) is 0 Å². The number of likely N-dealkylation sites (tertiary alicyclic amines) is 1. The van der Waals surface area contributed by atoms with Crippen LogP contribution >= 0.6 is 11.6 Å². The number of carbonyl (C=O) groups excluding carboxylic acids is 2. The van der Waals surface area contributed by atoms with Gasteiger partial charge in [-0.15, -0.1) is 0 Å². The van der Waals surface area contributed by atoms with E-state index in [9.17, 15) is 19.1 Å². The average Bonchev–Trinajstić information content (AvgIpc) is 2.74. The third-order valence-electron chi connectivity index (χ3n) is 4.21. The number of benzene rings is 1. The molecule has 1 aliphatic heterocycles. The van der Waals surface area contributed by atoms with Gasteiger partial charge in [0.25, 0.3) is 5.91 Å². The van der Waals surface area contributed by atoms with Crippen LogP contribution in [0.2, 0.25) is 5.02 Å². The minimum Gasteiger partial charge on any atom is -0.511 e. The zero-order valence-electron chi connectivity index (χ0n) is 14.9. The van der Waals surface area contributed by atoms with Crippen LogP contribution in [0, 0.1) is 11.2 Å². The Morgan fingerprint density at radius 3 is 2.48 bits per heavy atom. The van der Waals surface area contributed by atoms with Gasteiger partial charge in [0.1, 0.15) is 23.2 Å². The zero-order valence-corrected chi connectivity index (χ0v) is 15.7. The molecule has 0 aromatic heterocycles. The van der Waals surface area contributed by atoms with Crippen LogP contribution in [0.15, 0.2) is 29.5 Å². The van der Waals surface area contributed by atoms with Gasteiger partial charge >= 0.3 is 0 Å². The second-order valence-electron chi connectivity index (χ2n) is 7.39. The summed E-state index contributed by atoms with van der Waals surface area (Å²) in [5.41, 5.74) is -0.0156. The Labute approximate surface area is 152 Å². The van der Waals surface area contributed by atoms with Gasteiger partial charge < -0.3 is 10.0 Å². The summed E-state index contributed by atoms with van der Waals surface area (Å²) in [4.78, 5) is 27.1. The normalized spacial score (nSPS) is 20.4. The molecule has 0 radical (unpaired) electrons. The van der Waals surface area contributed by atoms with Crippen molar-refractivity contribution in [2.45, 2.75) is 53.1 Å². The summed E-state index contributed by atoms with van der Waals surface area (Å²) in [6.45, 7) is 7.59. The van der Waals surface area contributed by atoms with E-state index in [1.807, 2.05) is 27.7 Å². The van der Waals surface area contributed by atoms with Gasteiger partial charge in [-0.25, -0.2) is 4.39 Å². The molecule has 136 valence electrons. The molecule has 1 saturated heterocycles. The molecule has 1 N–H and O–H groups in total. The highest BCUT2D eigenvalue weighted by Gasteiger charge is 2.49. The maximum Gasteiger partial charge on any atom is 0.261 e. The number of ketones is 1. The maximum absolute atomic E-state index is 13.4. The van der Waals surface area contributed by atoms with Crippen molar-refractivity contribution in [1.82, 2.24) is 4.90 Å². The van der Waals surface area contributed by atoms with E-state index >= 15 is 0 Å². The fourth-order valence-corrected chi connectivity index (χ4v) is 3.33. The van der Waals surface area contributed by atoms with Crippen LogP contribution in [0.4, 0.5) is 4.39 Å². The summed E-state index contributed by atoms with van der Waals surface area (Å²) >= 11 is 5.82. The van der Waals surface area contributed by atoms with E-state index < -0.39 is 23.2 Å². The van der Waals surface area contributed by atoms with Crippen LogP contribution in [0.5, 0.6) is 0 Å². The van der Waals surface area contributed by atoms with E-state index in [4.69, 9.17) is 11.6 Å². The Morgan fingerprint density at radius 1 is 1.32 bits per heavy atom. The number of halogens is 2. The summed E-state index contributed by atoms with van der Waals surface area (Å²) < 4.78 is 13.4. The average molecular weight is 368 g/mol. The first-order valence-electron chi connectivity index (χ1n) is 8.29. The Morgan fingerprint density at radius 2 is 1.96 bits per heavy atom. The van der Waals surface area contributed by atoms with Gasteiger partial charge in [-0.05, 0) is 29.5 Å². The van der Waals surface area contributed by atoms with E-state index in [-0.39, 0.29) is 35.1 Å². The number of rotatable bonds is 4. The van der Waals surface area contributed by atoms with Crippen molar-refractivity contribution in [2.75, 3.05) is 0 Å². The molecule has 1 fully saturated rings. The topological polar surface area (TPSA) is 57.6 Å². The molecule has 1 atom stereocenters. The molecule has 2 rings (SSSR count). The SMILES string of the molecule is CCCC(O)=C1C(=O)[C@H](C(C)(C)C)N(Cc2ccc(F)c(Cl)c2)C1=O. The number of carbonyl (C=O) groups is 2. The Kier molecular flexibility index (Phi) is 5.57. The molecule has 1 aromatic rings. The third-order valence-corrected chi connectivity index (χ3v) is 4.50. The van der Waals surface area contributed by atoms with Crippen molar-refractivity contribution in [1.29, 1.82) is 0 Å². The summed E-state index contributed by atoms with van der Waals surface area (Å²) in [5.74, 6) is -1.55. The number of hydrogen-bond acceptors (Lipinski definition) is 3. The highest BCUT2D eigenvalue weighted by atomic mass is 35.5. The first kappa shape index (κ1) is 19.4. The largest absolute Gasteiger partial charge is 0.511 e. The molecule has 0 aliphatic carbocycles. The Hall–Kier alpha value is -1.88. The first-order chi connectivity index (χ1) is 11.6. The molecule has 0 spiro atoms. The number of aliphatic hydroxyl groups is 1. The maximum atomic E-state index is 13.4. The van der Waals surface area contributed by atoms with Gasteiger partial charge in [-0.2, -0.15) is 0 Å². The second-order valence-corrected chi connectivity index (χ2v) is 7.79. The molecule has 1 amide bonds. The van der Waals surface area contributed by atoms with E-state index in [2.05, 4.69) is 0 Å². The van der Waals surface area contributed by atoms with Crippen molar-refractivity contribution in [3.8, 4) is 0 Å². The second kappa shape index (κ2) is 7.16. The first-order valence-corrected chi connectivity index (χ1v) is 8.67. The van der Waals surface area contributed by atoms with E-state index in [0.717, 1.165) is 0 Å². The van der Waals surface area contributed by atoms with Gasteiger partial charge in [0.05, 0.1) is 5.02 Å². The van der Waals surface area contributed by atoms with Gasteiger partial charge in [-0.1, -0.05) is 45.4 Å². The highest BCUT2D eigenvalue weighted by molar-refractivity contribution is 6.30. The van der Waals surface area contributed by atoms with Crippen LogP contribution in [0.1, 0.15) is 46.1 Å². The molecule has 0 saturated carbocycles. The molecule has 1 heterocycles. The predicted molar refractivity (Wildman–Crippen MR) is 94.8 cm³/mol. The summed E-state index contributed by atoms with van der Waals surface area (Å²) in [6.07, 6.45) is 0.906. The lowest BCUT2D eigenvalue weighted by Gasteiger charge is -2.33. The summed E-state index contributed by atoms with van der Waals surface area (Å²) in [5, 5.41) is 10.1. The molecule has 1 aromatic carbocycles. The molecular weight excluding hydrogens is 345 g/mol. The summed E-state index contributed by atoms with van der Waals surface area (Å²) in [6, 6.07) is 3.52. The monoisotopic (exact) mass is 367 g/mol. The van der Waals surface area contributed by atoms with Crippen LogP contribution in [0.25, 0.3) is 0 Å². The van der Waals surface area contributed by atoms with Crippen molar-refractivity contribution in [2.24, 2.45) is 5.41 Å². The fourth-order valence-electron chi connectivity index (χ4n) is 3.13. The standard InChI is InChI=1S/C19H23ClFNO3/c1-5-6-14(23)15-16(24)17(19(2,3)4)22(18(15)25)10-11-7-8-13(21)12(20)9-11/h7-9,17,23H,5-6,10H2,1-4H3/t17-/m1/s1. The van der Waals surface area contributed by atoms with E-state index in [1.54, 1.807) is 0 Å². The van der Waals surface area contributed by atoms with Gasteiger partial charge in [0, 0.05) is 13.0 Å². The van der Waals surface area contributed by atoms with Crippen LogP contribution in [-0.2, 0) is 16.1 Å². The number of allylic oxidation sites excluding steroid dienone is 1. The van der Waals surface area contributed by atoms with E-state index in [0.29, 0.717) is 12.0 Å². The lowest BCUT2D eigenvalue weighted by atomic mass is 9.83. The minimum absolute atomic E-state index is 0.0348. The number of aliphatic hydroxyl groups excluding tert-OH is 1. The van der Waals surface area contributed by atoms with Gasteiger partial charge in [0.15, 0.2) is 5.78 Å². The van der Waals surface area contributed by atoms with Crippen molar-refractivity contribution >= 4 is 23.3 Å². The van der Waals surface area contributed by atoms with Gasteiger partial charge in [-0.3, -0.25) is 9.59 Å². The van der Waals surface area contributed by atoms with E-state index in [1.165, 1.54) is 23.1 Å². The molecule has 0 bridgehead atoms. The highest BCUT2D eigenvalue weighted by Crippen LogP contribution is 2.36. The zero-order chi connectivity index (χ0) is 18.9. The number of hydrogen-bond donors (Lipinski definition) is 1. The van der Waals surface area contributed by atoms with Crippen molar-refractivity contribution in [3.63, 3.8) is 0 Å². The summed E-state index contributed by atoms with van der Waals surface area (Å²) in [7, 11) is 0. The van der Waals surface area contributed by atoms with Crippen molar-refractivity contribution in [3.05, 3.63) is 45.9 Å². The quantitative estimate of drug-likeness (QED) is 0.487. The minimum atomic E-state index is -0.696. The van der Waals surface area contributed by atoms with Crippen molar-refractivity contribution < 1.29 is 19.1 Å². The van der Waals surface area contributed by atoms with Crippen LogP contribution < -0.4 is 0 Å². The molecule has 4 nitrogen and oxygen atoms in total. The predicted octanol–water partition coefficient (Wildman–Crippen LogP) is 4.42. The fraction of sp³-hybridized carbons (Fsp3) is 0.474. The molecule has 25 heavy (non-hydrogen) atoms.